The van der Waals surface area contributed by atoms with Crippen LogP contribution in [0.5, 0.6) is 0 Å². The highest BCUT2D eigenvalue weighted by Crippen LogP contribution is 2.24. The van der Waals surface area contributed by atoms with Crippen molar-refractivity contribution in [1.82, 2.24) is 14.7 Å². The van der Waals surface area contributed by atoms with Gasteiger partial charge in [0.1, 0.15) is 5.82 Å². The van der Waals surface area contributed by atoms with Gasteiger partial charge in [-0.3, -0.25) is 14.3 Å². The highest BCUT2D eigenvalue weighted by atomic mass is 19.1. The van der Waals surface area contributed by atoms with Gasteiger partial charge in [0.15, 0.2) is 0 Å². The van der Waals surface area contributed by atoms with Gasteiger partial charge < -0.3 is 10.2 Å². The third kappa shape index (κ3) is 3.45. The fraction of sp³-hybridized carbons (Fsp3) is 0.353. The zero-order valence-electron chi connectivity index (χ0n) is 13.6. The summed E-state index contributed by atoms with van der Waals surface area (Å²) < 4.78 is 15.7. The largest absolute Gasteiger partial charge is 0.338 e. The van der Waals surface area contributed by atoms with Crippen LogP contribution in [0.15, 0.2) is 30.6 Å². The normalized spacial score (nSPS) is 14.4. The summed E-state index contributed by atoms with van der Waals surface area (Å²) in [6.45, 7) is 2.55. The molecule has 2 aromatic rings. The lowest BCUT2D eigenvalue weighted by molar-refractivity contribution is -0.114. The maximum atomic E-state index is 14.0. The number of nitrogens with one attached hydrogen (secondary N) is 1. The van der Waals surface area contributed by atoms with Gasteiger partial charge in [-0.2, -0.15) is 5.10 Å². The Hall–Kier alpha value is -2.70. The summed E-state index contributed by atoms with van der Waals surface area (Å²) in [5, 5.41) is 6.69. The van der Waals surface area contributed by atoms with Crippen LogP contribution in [-0.4, -0.2) is 39.6 Å². The summed E-state index contributed by atoms with van der Waals surface area (Å²) in [5.41, 5.74) is 1.54. The van der Waals surface area contributed by atoms with Crippen molar-refractivity contribution < 1.29 is 14.0 Å². The smallest absolute Gasteiger partial charge is 0.256 e. The number of carbonyl (C=O) groups is 2. The molecule has 1 aliphatic heterocycles. The van der Waals surface area contributed by atoms with Crippen molar-refractivity contribution in [1.29, 1.82) is 0 Å². The Labute approximate surface area is 139 Å². The molecule has 0 unspecified atom stereocenters. The van der Waals surface area contributed by atoms with E-state index in [2.05, 4.69) is 10.4 Å². The minimum absolute atomic E-state index is 0.0129. The van der Waals surface area contributed by atoms with Crippen molar-refractivity contribution in [3.05, 3.63) is 47.5 Å². The van der Waals surface area contributed by atoms with Crippen molar-refractivity contribution in [2.45, 2.75) is 13.3 Å². The number of amides is 2. The Morgan fingerprint density at radius 2 is 2.12 bits per heavy atom. The van der Waals surface area contributed by atoms with Gasteiger partial charge in [-0.1, -0.05) is 0 Å². The molecular weight excluding hydrogens is 311 g/mol. The fourth-order valence-electron chi connectivity index (χ4n) is 2.92. The number of carbonyl (C=O) groups excluding carboxylic acids is 2. The van der Waals surface area contributed by atoms with E-state index in [0.717, 1.165) is 12.0 Å². The van der Waals surface area contributed by atoms with Crippen molar-refractivity contribution in [2.75, 3.05) is 18.4 Å². The predicted octanol–water partition coefficient (Wildman–Crippen LogP) is 1.83. The molecule has 0 spiro atoms. The molecule has 1 aromatic heterocycles. The Bertz CT molecular complexity index is 781. The first-order valence-electron chi connectivity index (χ1n) is 7.76. The molecule has 2 heterocycles. The molecule has 1 aliphatic rings. The molecule has 7 heteroatoms. The minimum atomic E-state index is -0.579. The number of hydrogen-bond acceptors (Lipinski definition) is 3. The number of halogens is 1. The number of benzene rings is 1. The highest BCUT2D eigenvalue weighted by molar-refractivity contribution is 5.97. The molecule has 0 bridgehead atoms. The molecule has 0 saturated carbocycles. The Kier molecular flexibility index (Phi) is 4.33. The molecule has 0 radical (unpaired) electrons. The van der Waals surface area contributed by atoms with Crippen molar-refractivity contribution >= 4 is 17.5 Å². The number of hydrogen-bond donors (Lipinski definition) is 1. The van der Waals surface area contributed by atoms with Crippen LogP contribution >= 0.6 is 0 Å². The van der Waals surface area contributed by atoms with E-state index in [1.807, 2.05) is 19.4 Å². The van der Waals surface area contributed by atoms with E-state index < -0.39 is 5.82 Å². The van der Waals surface area contributed by atoms with Crippen LogP contribution in [0, 0.1) is 11.7 Å². The van der Waals surface area contributed by atoms with Gasteiger partial charge >= 0.3 is 0 Å². The number of aromatic nitrogens is 2. The first-order chi connectivity index (χ1) is 11.4. The van der Waals surface area contributed by atoms with Crippen LogP contribution in [0.2, 0.25) is 0 Å². The van der Waals surface area contributed by atoms with E-state index in [4.69, 9.17) is 0 Å². The number of likely N-dealkylation sites (tertiary alicyclic amines) is 1. The van der Waals surface area contributed by atoms with Crippen molar-refractivity contribution in [3.8, 4) is 0 Å². The molecule has 1 aromatic carbocycles. The number of aryl methyl sites for hydroxylation is 1. The van der Waals surface area contributed by atoms with E-state index in [9.17, 15) is 14.0 Å². The lowest BCUT2D eigenvalue weighted by Gasteiger charge is -2.39. The monoisotopic (exact) mass is 330 g/mol. The topological polar surface area (TPSA) is 67.2 Å². The van der Waals surface area contributed by atoms with E-state index in [1.54, 1.807) is 9.58 Å². The molecule has 1 fully saturated rings. The third-order valence-electron chi connectivity index (χ3n) is 4.04. The second kappa shape index (κ2) is 6.43. The molecule has 1 N–H and O–H groups in total. The van der Waals surface area contributed by atoms with E-state index in [0.29, 0.717) is 24.7 Å². The summed E-state index contributed by atoms with van der Waals surface area (Å²) in [6, 6.07) is 4.02. The van der Waals surface area contributed by atoms with Crippen LogP contribution in [-0.2, 0) is 18.3 Å². The predicted molar refractivity (Wildman–Crippen MR) is 87.0 cm³/mol. The fourth-order valence-corrected chi connectivity index (χ4v) is 2.92. The number of rotatable bonds is 4. The molecule has 6 nitrogen and oxygen atoms in total. The molecule has 126 valence electrons. The minimum Gasteiger partial charge on any atom is -0.338 e. The lowest BCUT2D eigenvalue weighted by atomic mass is 9.92. The van der Waals surface area contributed by atoms with Crippen LogP contribution in [0.4, 0.5) is 10.1 Å². The van der Waals surface area contributed by atoms with Crippen molar-refractivity contribution in [2.24, 2.45) is 13.0 Å². The van der Waals surface area contributed by atoms with Gasteiger partial charge in [-0.25, -0.2) is 4.39 Å². The Balaban J connectivity index is 1.62. The van der Waals surface area contributed by atoms with Crippen LogP contribution < -0.4 is 5.32 Å². The Morgan fingerprint density at radius 1 is 1.38 bits per heavy atom. The molecule has 3 rings (SSSR count). The van der Waals surface area contributed by atoms with Crippen LogP contribution in [0.1, 0.15) is 22.8 Å². The molecule has 24 heavy (non-hydrogen) atoms. The average Bonchev–Trinajstić information content (AvgIpc) is 2.88. The SMILES string of the molecule is CC(=O)Nc1ccc(F)c(C(=O)N2CC(Cc3cnn(C)c3)C2)c1. The Morgan fingerprint density at radius 3 is 2.75 bits per heavy atom. The quantitative estimate of drug-likeness (QED) is 0.930. The summed E-state index contributed by atoms with van der Waals surface area (Å²) in [7, 11) is 1.87. The molecule has 2 amide bonds. The zero-order valence-corrected chi connectivity index (χ0v) is 13.6. The maximum Gasteiger partial charge on any atom is 0.256 e. The van der Waals surface area contributed by atoms with Gasteiger partial charge in [0, 0.05) is 38.9 Å². The lowest BCUT2D eigenvalue weighted by Crippen LogP contribution is -2.50. The number of anilines is 1. The third-order valence-corrected chi connectivity index (χ3v) is 4.04. The zero-order chi connectivity index (χ0) is 17.3. The van der Waals surface area contributed by atoms with Gasteiger partial charge in [0.25, 0.3) is 5.91 Å². The van der Waals surface area contributed by atoms with Crippen LogP contribution in [0.25, 0.3) is 0 Å². The molecule has 1 saturated heterocycles. The first kappa shape index (κ1) is 16.2. The van der Waals surface area contributed by atoms with Crippen LogP contribution in [0.3, 0.4) is 0 Å². The van der Waals surface area contributed by atoms with Gasteiger partial charge in [-0.15, -0.1) is 0 Å². The molecule has 0 aliphatic carbocycles. The molecular formula is C17H19FN4O2. The van der Waals surface area contributed by atoms with E-state index in [1.165, 1.54) is 25.1 Å². The standard InChI is InChI=1S/C17H19FN4O2/c1-11(23)20-14-3-4-16(18)15(6-14)17(24)22-9-13(10-22)5-12-7-19-21(2)8-12/h3-4,6-8,13H,5,9-10H2,1-2H3,(H,20,23). The summed E-state index contributed by atoms with van der Waals surface area (Å²) in [5.74, 6) is -0.827. The summed E-state index contributed by atoms with van der Waals surface area (Å²) in [6.07, 6.45) is 4.63. The second-order valence-corrected chi connectivity index (χ2v) is 6.18. The van der Waals surface area contributed by atoms with Gasteiger partial charge in [-0.05, 0) is 36.1 Å². The summed E-state index contributed by atoms with van der Waals surface area (Å²) >= 11 is 0. The molecule has 0 atom stereocenters. The van der Waals surface area contributed by atoms with Crippen molar-refractivity contribution in [3.63, 3.8) is 0 Å². The first-order valence-corrected chi connectivity index (χ1v) is 7.76. The van der Waals surface area contributed by atoms with E-state index in [-0.39, 0.29) is 17.4 Å². The summed E-state index contributed by atoms with van der Waals surface area (Å²) in [4.78, 5) is 25.2. The van der Waals surface area contributed by atoms with Gasteiger partial charge in [0.05, 0.1) is 11.8 Å². The second-order valence-electron chi connectivity index (χ2n) is 6.18. The average molecular weight is 330 g/mol. The number of nitrogens with zero attached hydrogens (tertiary/aromatic N) is 3. The van der Waals surface area contributed by atoms with E-state index >= 15 is 0 Å². The van der Waals surface area contributed by atoms with Gasteiger partial charge in [0.2, 0.25) is 5.91 Å². The highest BCUT2D eigenvalue weighted by Gasteiger charge is 2.32. The maximum absolute atomic E-state index is 14.0.